The average molecular weight is 429 g/mol. The molecule has 3 rings (SSSR count). The Morgan fingerprint density at radius 3 is 2.23 bits per heavy atom. The van der Waals surface area contributed by atoms with E-state index >= 15 is 0 Å². The van der Waals surface area contributed by atoms with Crippen LogP contribution in [0.2, 0.25) is 0 Å². The van der Waals surface area contributed by atoms with Gasteiger partial charge in [-0.05, 0) is 60.7 Å². The van der Waals surface area contributed by atoms with Gasteiger partial charge in [0, 0.05) is 6.54 Å². The minimum atomic E-state index is -4.64. The molecule has 3 aromatic carbocycles. The minimum Gasteiger partial charge on any atom is -0.455 e. The molecule has 0 heterocycles. The minimum absolute atomic E-state index is 0.170. The van der Waals surface area contributed by atoms with Crippen molar-refractivity contribution in [1.82, 2.24) is 0 Å². The Bertz CT molecular complexity index is 984. The van der Waals surface area contributed by atoms with Gasteiger partial charge in [0.15, 0.2) is 5.75 Å². The number of nitrogens with one attached hydrogen (secondary N) is 1. The van der Waals surface area contributed by atoms with Crippen molar-refractivity contribution in [3.63, 3.8) is 0 Å². The van der Waals surface area contributed by atoms with Crippen molar-refractivity contribution in [1.29, 1.82) is 0 Å². The highest BCUT2D eigenvalue weighted by Crippen LogP contribution is 2.44. The molecule has 0 radical (unpaired) electrons. The number of aryl methyl sites for hydroxylation is 1. The zero-order valence-corrected chi connectivity index (χ0v) is 17.5. The molecule has 3 aromatic rings. The van der Waals surface area contributed by atoms with Crippen molar-refractivity contribution in [2.75, 3.05) is 11.9 Å². The number of aliphatic hydroxyl groups is 1. The van der Waals surface area contributed by atoms with Crippen molar-refractivity contribution >= 4 is 5.69 Å². The summed E-state index contributed by atoms with van der Waals surface area (Å²) in [4.78, 5) is 0. The zero-order valence-electron chi connectivity index (χ0n) is 17.5. The molecule has 0 saturated carbocycles. The Morgan fingerprint density at radius 1 is 0.968 bits per heavy atom. The van der Waals surface area contributed by atoms with Crippen molar-refractivity contribution in [3.8, 4) is 11.5 Å². The largest absolute Gasteiger partial charge is 0.455 e. The van der Waals surface area contributed by atoms with Gasteiger partial charge in [-0.3, -0.25) is 0 Å². The molecule has 0 aliphatic rings. The lowest BCUT2D eigenvalue weighted by Gasteiger charge is -2.21. The molecule has 2 N–H and O–H groups in total. The lowest BCUT2D eigenvalue weighted by molar-refractivity contribution is -0.138. The summed E-state index contributed by atoms with van der Waals surface area (Å²) in [7, 11) is 0. The van der Waals surface area contributed by atoms with Crippen LogP contribution in [-0.4, -0.2) is 11.7 Å². The van der Waals surface area contributed by atoms with Crippen LogP contribution >= 0.6 is 0 Å². The summed E-state index contributed by atoms with van der Waals surface area (Å²) in [6.07, 6.45) is -4.23. The Hall–Kier alpha value is -2.99. The Balaban J connectivity index is 1.96. The van der Waals surface area contributed by atoms with Crippen LogP contribution in [0.1, 0.15) is 42.2 Å². The molecule has 3 nitrogen and oxygen atoms in total. The number of hydrogen-bond acceptors (Lipinski definition) is 3. The fraction of sp³-hybridized carbons (Fsp3) is 0.280. The lowest BCUT2D eigenvalue weighted by Crippen LogP contribution is -2.13. The molecule has 0 bridgehead atoms. The number of aliphatic hydroxyl groups excluding tert-OH is 1. The van der Waals surface area contributed by atoms with Crippen molar-refractivity contribution in [3.05, 3.63) is 89.0 Å². The molecular formula is C25H26F3NO2. The second-order valence-corrected chi connectivity index (χ2v) is 7.38. The zero-order chi connectivity index (χ0) is 22.4. The first-order valence-electron chi connectivity index (χ1n) is 10.3. The highest BCUT2D eigenvalue weighted by molar-refractivity contribution is 5.64. The maximum atomic E-state index is 13.9. The molecule has 0 aliphatic heterocycles. The SMILES string of the molecule is CCc1ccc(Oc2c(NCCc3ccccc3)cc(C(C)O)cc2C(F)(F)F)cc1. The number of hydrogen-bond donors (Lipinski definition) is 2. The summed E-state index contributed by atoms with van der Waals surface area (Å²) in [5.74, 6) is 0.0211. The van der Waals surface area contributed by atoms with Crippen LogP contribution in [0.5, 0.6) is 11.5 Å². The van der Waals surface area contributed by atoms with E-state index in [1.165, 1.54) is 13.0 Å². The van der Waals surface area contributed by atoms with Crippen molar-refractivity contribution in [2.24, 2.45) is 0 Å². The van der Waals surface area contributed by atoms with Crippen LogP contribution in [0.4, 0.5) is 18.9 Å². The van der Waals surface area contributed by atoms with Gasteiger partial charge in [0.25, 0.3) is 0 Å². The van der Waals surface area contributed by atoms with Gasteiger partial charge in [0.1, 0.15) is 11.3 Å². The summed E-state index contributed by atoms with van der Waals surface area (Å²) < 4.78 is 47.4. The topological polar surface area (TPSA) is 41.5 Å². The summed E-state index contributed by atoms with van der Waals surface area (Å²) in [6.45, 7) is 3.85. The van der Waals surface area contributed by atoms with Crippen molar-refractivity contribution in [2.45, 2.75) is 39.0 Å². The van der Waals surface area contributed by atoms with Gasteiger partial charge in [0.05, 0.1) is 11.8 Å². The van der Waals surface area contributed by atoms with E-state index in [0.717, 1.165) is 23.6 Å². The quantitative estimate of drug-likeness (QED) is 0.415. The van der Waals surface area contributed by atoms with Gasteiger partial charge in [-0.25, -0.2) is 0 Å². The van der Waals surface area contributed by atoms with Gasteiger partial charge in [-0.2, -0.15) is 13.2 Å². The highest BCUT2D eigenvalue weighted by Gasteiger charge is 2.37. The summed E-state index contributed by atoms with van der Waals surface area (Å²) in [6, 6.07) is 19.1. The maximum Gasteiger partial charge on any atom is 0.420 e. The maximum absolute atomic E-state index is 13.9. The molecule has 0 fully saturated rings. The first kappa shape index (κ1) is 22.7. The molecule has 0 spiro atoms. The highest BCUT2D eigenvalue weighted by atomic mass is 19.4. The predicted molar refractivity (Wildman–Crippen MR) is 117 cm³/mol. The van der Waals surface area contributed by atoms with E-state index in [9.17, 15) is 18.3 Å². The third kappa shape index (κ3) is 6.01. The molecular weight excluding hydrogens is 403 g/mol. The monoisotopic (exact) mass is 429 g/mol. The van der Waals surface area contributed by atoms with Gasteiger partial charge in [0.2, 0.25) is 0 Å². The molecule has 0 aliphatic carbocycles. The van der Waals surface area contributed by atoms with Gasteiger partial charge >= 0.3 is 6.18 Å². The van der Waals surface area contributed by atoms with Crippen LogP contribution in [-0.2, 0) is 19.0 Å². The summed E-state index contributed by atoms with van der Waals surface area (Å²) >= 11 is 0. The average Bonchev–Trinajstić information content (AvgIpc) is 2.75. The van der Waals surface area contributed by atoms with E-state index < -0.39 is 17.8 Å². The number of rotatable bonds is 8. The van der Waals surface area contributed by atoms with Crippen LogP contribution in [0.3, 0.4) is 0 Å². The van der Waals surface area contributed by atoms with E-state index in [2.05, 4.69) is 5.32 Å². The van der Waals surface area contributed by atoms with E-state index in [4.69, 9.17) is 4.74 Å². The number of anilines is 1. The smallest absolute Gasteiger partial charge is 0.420 e. The molecule has 6 heteroatoms. The lowest BCUT2D eigenvalue weighted by atomic mass is 10.0. The first-order chi connectivity index (χ1) is 14.8. The van der Waals surface area contributed by atoms with Crippen LogP contribution < -0.4 is 10.1 Å². The second kappa shape index (κ2) is 9.88. The summed E-state index contributed by atoms with van der Waals surface area (Å²) in [5.41, 5.74) is 1.57. The van der Waals surface area contributed by atoms with E-state index in [0.29, 0.717) is 18.7 Å². The van der Waals surface area contributed by atoms with Gasteiger partial charge in [-0.15, -0.1) is 0 Å². The van der Waals surface area contributed by atoms with Crippen LogP contribution in [0, 0.1) is 0 Å². The molecule has 0 saturated heterocycles. The molecule has 31 heavy (non-hydrogen) atoms. The molecule has 0 aromatic heterocycles. The standard InChI is InChI=1S/C25H26F3NO2/c1-3-18-9-11-21(12-10-18)31-24-22(25(26,27)28)15-20(17(2)30)16-23(24)29-14-13-19-7-5-4-6-8-19/h4-12,15-17,29-30H,3,13-14H2,1-2H3. The fourth-order valence-electron chi connectivity index (χ4n) is 3.24. The fourth-order valence-corrected chi connectivity index (χ4v) is 3.24. The van der Waals surface area contributed by atoms with Crippen LogP contribution in [0.15, 0.2) is 66.7 Å². The second-order valence-electron chi connectivity index (χ2n) is 7.38. The van der Waals surface area contributed by atoms with Gasteiger partial charge < -0.3 is 15.2 Å². The Kier molecular flexibility index (Phi) is 7.23. The van der Waals surface area contributed by atoms with E-state index in [-0.39, 0.29) is 17.0 Å². The summed E-state index contributed by atoms with van der Waals surface area (Å²) in [5, 5.41) is 13.0. The molecule has 1 unspecified atom stereocenters. The molecule has 0 amide bonds. The molecule has 1 atom stereocenters. The number of alkyl halides is 3. The van der Waals surface area contributed by atoms with Gasteiger partial charge in [-0.1, -0.05) is 49.4 Å². The normalized spacial score (nSPS) is 12.5. The van der Waals surface area contributed by atoms with Crippen molar-refractivity contribution < 1.29 is 23.0 Å². The van der Waals surface area contributed by atoms with E-state index in [1.807, 2.05) is 49.4 Å². The first-order valence-corrected chi connectivity index (χ1v) is 10.3. The number of halogens is 3. The Labute approximate surface area is 180 Å². The Morgan fingerprint density at radius 2 is 1.65 bits per heavy atom. The number of benzene rings is 3. The third-order valence-corrected chi connectivity index (χ3v) is 5.02. The van der Waals surface area contributed by atoms with E-state index in [1.54, 1.807) is 12.1 Å². The predicted octanol–water partition coefficient (Wildman–Crippen LogP) is 6.77. The third-order valence-electron chi connectivity index (χ3n) is 5.02. The molecule has 164 valence electrons. The van der Waals surface area contributed by atoms with Crippen LogP contribution in [0.25, 0.3) is 0 Å². The number of ether oxygens (including phenoxy) is 1.